The third-order valence-corrected chi connectivity index (χ3v) is 6.78. The third-order valence-electron chi connectivity index (χ3n) is 5.28. The van der Waals surface area contributed by atoms with E-state index in [2.05, 4.69) is 19.2 Å². The molecule has 1 rings (SSSR count). The second-order valence-corrected chi connectivity index (χ2v) is 11.4. The average Bonchev–Trinajstić information content (AvgIpc) is 2.80. The van der Waals surface area contributed by atoms with Crippen LogP contribution in [0, 0.1) is 11.3 Å². The van der Waals surface area contributed by atoms with Crippen molar-refractivity contribution in [1.82, 2.24) is 15.1 Å². The fourth-order valence-corrected chi connectivity index (χ4v) is 4.82. The predicted octanol–water partition coefficient (Wildman–Crippen LogP) is 3.25. The molecule has 0 aromatic carbocycles. The molecule has 0 aromatic heterocycles. The minimum Gasteiger partial charge on any atom is -0.513 e. The molecule has 1 aliphatic heterocycles. The number of nitrogens with zero attached hydrogens (tertiary/aromatic N) is 2. The molecule has 0 bridgehead atoms. The van der Waals surface area contributed by atoms with Gasteiger partial charge in [-0.2, -0.15) is 0 Å². The first-order chi connectivity index (χ1) is 12.6. The number of carbonyl (C=O) groups is 2. The number of likely N-dealkylation sites (N-methyl/N-ethyl adjacent to an activating group) is 2. The molecule has 6 nitrogen and oxygen atoms in total. The maximum atomic E-state index is 13.4. The fraction of sp³-hybridized carbons (Fsp3) is 0.810. The van der Waals surface area contributed by atoms with Crippen molar-refractivity contribution < 1.29 is 14.7 Å². The Morgan fingerprint density at radius 3 is 2.21 bits per heavy atom. The Balaban J connectivity index is 3.13. The van der Waals surface area contributed by atoms with Crippen LogP contribution in [0.5, 0.6) is 0 Å². The molecule has 7 heteroatoms. The lowest BCUT2D eigenvalue weighted by molar-refractivity contribution is -0.141. The quantitative estimate of drug-likeness (QED) is 0.654. The third kappa shape index (κ3) is 5.89. The Hall–Kier alpha value is -1.21. The lowest BCUT2D eigenvalue weighted by atomic mass is 9.84. The van der Waals surface area contributed by atoms with Gasteiger partial charge in [-0.15, -0.1) is 11.8 Å². The molecule has 2 unspecified atom stereocenters. The molecule has 1 heterocycles. The van der Waals surface area contributed by atoms with Crippen molar-refractivity contribution in [2.45, 2.75) is 78.3 Å². The molecule has 0 aromatic rings. The van der Waals surface area contributed by atoms with Gasteiger partial charge in [-0.05, 0) is 45.2 Å². The molecule has 162 valence electrons. The Kier molecular flexibility index (Phi) is 8.05. The van der Waals surface area contributed by atoms with E-state index in [4.69, 9.17) is 0 Å². The lowest BCUT2D eigenvalue weighted by Crippen LogP contribution is -2.60. The summed E-state index contributed by atoms with van der Waals surface area (Å²) in [5.41, 5.74) is -0.449. The van der Waals surface area contributed by atoms with Crippen molar-refractivity contribution >= 4 is 23.6 Å². The summed E-state index contributed by atoms with van der Waals surface area (Å²) < 4.78 is -0.215. The zero-order valence-corrected chi connectivity index (χ0v) is 20.0. The van der Waals surface area contributed by atoms with Crippen molar-refractivity contribution in [3.63, 3.8) is 0 Å². The van der Waals surface area contributed by atoms with Crippen LogP contribution in [-0.4, -0.2) is 69.6 Å². The van der Waals surface area contributed by atoms with E-state index in [0.29, 0.717) is 0 Å². The molecule has 0 spiro atoms. The average molecular weight is 414 g/mol. The first kappa shape index (κ1) is 24.8. The molecule has 28 heavy (non-hydrogen) atoms. The largest absolute Gasteiger partial charge is 0.513 e. The van der Waals surface area contributed by atoms with E-state index in [9.17, 15) is 14.7 Å². The van der Waals surface area contributed by atoms with Crippen LogP contribution < -0.4 is 5.32 Å². The molecule has 0 radical (unpaired) electrons. The lowest BCUT2D eigenvalue weighted by Gasteiger charge is -2.39. The molecule has 3 atom stereocenters. The van der Waals surface area contributed by atoms with Gasteiger partial charge in [0.15, 0.2) is 0 Å². The molecule has 0 aliphatic carbocycles. The van der Waals surface area contributed by atoms with Crippen molar-refractivity contribution in [2.75, 3.05) is 20.0 Å². The summed E-state index contributed by atoms with van der Waals surface area (Å²) >= 11 is 1.74. The number of amides is 2. The van der Waals surface area contributed by atoms with Crippen LogP contribution >= 0.6 is 11.8 Å². The van der Waals surface area contributed by atoms with Gasteiger partial charge >= 0.3 is 0 Å². The van der Waals surface area contributed by atoms with Gasteiger partial charge in [-0.25, -0.2) is 0 Å². The van der Waals surface area contributed by atoms with Gasteiger partial charge in [-0.1, -0.05) is 34.6 Å². The van der Waals surface area contributed by atoms with Crippen LogP contribution in [0.25, 0.3) is 0 Å². The second kappa shape index (κ2) is 9.08. The molecule has 1 saturated heterocycles. The van der Waals surface area contributed by atoms with E-state index in [-0.39, 0.29) is 40.3 Å². The van der Waals surface area contributed by atoms with E-state index < -0.39 is 11.5 Å². The zero-order valence-electron chi connectivity index (χ0n) is 19.2. The minimum atomic E-state index is -0.659. The SMILES string of the molecule is C/C(O)=C\[C@H](C(C)C)N(C)C(=O)C(NC(=O)C1N(C)CSC1(C)C)C(C)(C)C. The summed E-state index contributed by atoms with van der Waals surface area (Å²) in [6.45, 7) is 15.6. The maximum Gasteiger partial charge on any atom is 0.245 e. The highest BCUT2D eigenvalue weighted by Gasteiger charge is 2.46. The number of thioether (sulfide) groups is 1. The van der Waals surface area contributed by atoms with Crippen LogP contribution in [0.15, 0.2) is 11.8 Å². The number of allylic oxidation sites excluding steroid dienone is 1. The van der Waals surface area contributed by atoms with Crippen LogP contribution in [0.1, 0.15) is 55.4 Å². The van der Waals surface area contributed by atoms with Gasteiger partial charge in [0, 0.05) is 17.7 Å². The Morgan fingerprint density at radius 2 is 1.86 bits per heavy atom. The Bertz CT molecular complexity index is 607. The van der Waals surface area contributed by atoms with Crippen LogP contribution in [0.3, 0.4) is 0 Å². The monoisotopic (exact) mass is 413 g/mol. The van der Waals surface area contributed by atoms with Crippen molar-refractivity contribution in [2.24, 2.45) is 11.3 Å². The van der Waals surface area contributed by atoms with Gasteiger partial charge in [-0.3, -0.25) is 14.5 Å². The van der Waals surface area contributed by atoms with Crippen molar-refractivity contribution in [3.8, 4) is 0 Å². The summed E-state index contributed by atoms with van der Waals surface area (Å²) in [5.74, 6) is 0.830. The molecule has 2 amide bonds. The highest BCUT2D eigenvalue weighted by Crippen LogP contribution is 2.38. The molecular weight excluding hydrogens is 374 g/mol. The summed E-state index contributed by atoms with van der Waals surface area (Å²) in [6.07, 6.45) is 1.69. The van der Waals surface area contributed by atoms with E-state index in [0.717, 1.165) is 5.88 Å². The topological polar surface area (TPSA) is 72.9 Å². The smallest absolute Gasteiger partial charge is 0.245 e. The number of aliphatic hydroxyl groups excluding tert-OH is 1. The molecule has 2 N–H and O–H groups in total. The van der Waals surface area contributed by atoms with Gasteiger partial charge in [0.1, 0.15) is 12.1 Å². The number of hydrogen-bond donors (Lipinski definition) is 2. The number of rotatable bonds is 6. The number of aliphatic hydroxyl groups is 1. The second-order valence-electron chi connectivity index (χ2n) is 9.84. The van der Waals surface area contributed by atoms with E-state index in [1.807, 2.05) is 46.6 Å². The zero-order chi connectivity index (χ0) is 22.0. The van der Waals surface area contributed by atoms with Crippen LogP contribution in [0.2, 0.25) is 0 Å². The van der Waals surface area contributed by atoms with Crippen LogP contribution in [0.4, 0.5) is 0 Å². The van der Waals surface area contributed by atoms with Crippen LogP contribution in [-0.2, 0) is 9.59 Å². The molecule has 1 aliphatic rings. The molecular formula is C21H39N3O3S. The van der Waals surface area contributed by atoms with Gasteiger partial charge in [0.2, 0.25) is 11.8 Å². The number of nitrogens with one attached hydrogen (secondary N) is 1. The Labute approximate surface area is 175 Å². The van der Waals surface area contributed by atoms with Crippen molar-refractivity contribution in [1.29, 1.82) is 0 Å². The first-order valence-electron chi connectivity index (χ1n) is 9.88. The standard InChI is InChI=1S/C21H39N3O3S/c1-13(2)15(11-14(3)25)24(10)19(27)16(20(4,5)6)22-18(26)17-21(7,8)28-12-23(17)9/h11,13,15-17,25H,12H2,1-10H3,(H,22,26)/b14-11+/t15-,16?,17?/m1/s1. The fourth-order valence-electron chi connectivity index (χ4n) is 3.69. The maximum absolute atomic E-state index is 13.4. The summed E-state index contributed by atoms with van der Waals surface area (Å²) in [5, 5.41) is 12.8. The normalized spacial score (nSPS) is 22.8. The van der Waals surface area contributed by atoms with Gasteiger partial charge in [0.05, 0.1) is 11.8 Å². The van der Waals surface area contributed by atoms with Gasteiger partial charge in [0.25, 0.3) is 0 Å². The van der Waals surface area contributed by atoms with E-state index >= 15 is 0 Å². The summed E-state index contributed by atoms with van der Waals surface area (Å²) in [6, 6.07) is -1.20. The van der Waals surface area contributed by atoms with E-state index in [1.165, 1.54) is 0 Å². The first-order valence-corrected chi connectivity index (χ1v) is 10.9. The van der Waals surface area contributed by atoms with Crippen molar-refractivity contribution in [3.05, 3.63) is 11.8 Å². The summed E-state index contributed by atoms with van der Waals surface area (Å²) in [4.78, 5) is 30.2. The van der Waals surface area contributed by atoms with Gasteiger partial charge < -0.3 is 15.3 Å². The number of hydrogen-bond acceptors (Lipinski definition) is 5. The predicted molar refractivity (Wildman–Crippen MR) is 117 cm³/mol. The highest BCUT2D eigenvalue weighted by atomic mass is 32.2. The van der Waals surface area contributed by atoms with E-state index in [1.54, 1.807) is 36.7 Å². The highest BCUT2D eigenvalue weighted by molar-refractivity contribution is 8.00. The summed E-state index contributed by atoms with van der Waals surface area (Å²) in [7, 11) is 3.68. The molecule has 0 saturated carbocycles. The molecule has 1 fully saturated rings. The Morgan fingerprint density at radius 1 is 1.32 bits per heavy atom. The number of carbonyl (C=O) groups excluding carboxylic acids is 2. The minimum absolute atomic E-state index is 0.117.